The molecule has 2 amide bonds. The highest BCUT2D eigenvalue weighted by molar-refractivity contribution is 7.20. The van der Waals surface area contributed by atoms with Crippen molar-refractivity contribution in [2.75, 3.05) is 13.1 Å². The molecule has 0 radical (unpaired) electrons. The fourth-order valence-electron chi connectivity index (χ4n) is 2.48. The number of benzene rings is 1. The van der Waals surface area contributed by atoms with Gasteiger partial charge in [-0.05, 0) is 31.4 Å². The van der Waals surface area contributed by atoms with Crippen LogP contribution in [0.4, 0.5) is 0 Å². The minimum atomic E-state index is -0.800. The summed E-state index contributed by atoms with van der Waals surface area (Å²) < 4.78 is 1.09. The Morgan fingerprint density at radius 2 is 2.10 bits per heavy atom. The van der Waals surface area contributed by atoms with E-state index in [-0.39, 0.29) is 11.8 Å². The van der Waals surface area contributed by atoms with E-state index >= 15 is 0 Å². The summed E-state index contributed by atoms with van der Waals surface area (Å²) in [6, 6.07) is 9.83. The number of hydrogen-bond donors (Lipinski definition) is 1. The second kappa shape index (κ2) is 4.59. The van der Waals surface area contributed by atoms with Gasteiger partial charge in [0.05, 0.1) is 4.88 Å². The summed E-state index contributed by atoms with van der Waals surface area (Å²) in [7, 11) is 0. The van der Waals surface area contributed by atoms with Crippen LogP contribution in [0.2, 0.25) is 0 Å². The third kappa shape index (κ3) is 1.98. The molecule has 20 heavy (non-hydrogen) atoms. The van der Waals surface area contributed by atoms with Crippen LogP contribution in [0.5, 0.6) is 0 Å². The van der Waals surface area contributed by atoms with Crippen molar-refractivity contribution in [3.05, 3.63) is 35.2 Å². The predicted molar refractivity (Wildman–Crippen MR) is 80.0 cm³/mol. The van der Waals surface area contributed by atoms with E-state index in [1.807, 2.05) is 30.3 Å². The standard InChI is InChI=1S/C15H16N2O2S/c1-15(2)14(19)16-7-8-17(15)13(18)12-9-10-5-3-4-6-11(10)20-12/h3-6,9H,7-8H2,1-2H3,(H,16,19). The number of carbonyl (C=O) groups excluding carboxylic acids is 2. The molecule has 104 valence electrons. The number of thiophene rings is 1. The summed E-state index contributed by atoms with van der Waals surface area (Å²) in [6.07, 6.45) is 0. The topological polar surface area (TPSA) is 49.4 Å². The maximum atomic E-state index is 12.7. The van der Waals surface area contributed by atoms with Crippen LogP contribution in [0.25, 0.3) is 10.1 Å². The van der Waals surface area contributed by atoms with E-state index in [1.54, 1.807) is 18.7 Å². The van der Waals surface area contributed by atoms with Gasteiger partial charge in [-0.2, -0.15) is 0 Å². The highest BCUT2D eigenvalue weighted by Gasteiger charge is 2.41. The van der Waals surface area contributed by atoms with Crippen LogP contribution in [0.1, 0.15) is 23.5 Å². The lowest BCUT2D eigenvalue weighted by molar-refractivity contribution is -0.133. The monoisotopic (exact) mass is 288 g/mol. The zero-order valence-electron chi connectivity index (χ0n) is 11.5. The van der Waals surface area contributed by atoms with Crippen LogP contribution in [-0.4, -0.2) is 35.3 Å². The fourth-order valence-corrected chi connectivity index (χ4v) is 3.49. The Balaban J connectivity index is 1.97. The first-order valence-corrected chi connectivity index (χ1v) is 7.40. The first-order valence-electron chi connectivity index (χ1n) is 6.59. The highest BCUT2D eigenvalue weighted by atomic mass is 32.1. The molecular weight excluding hydrogens is 272 g/mol. The minimum absolute atomic E-state index is 0.0638. The lowest BCUT2D eigenvalue weighted by atomic mass is 9.98. The van der Waals surface area contributed by atoms with Crippen molar-refractivity contribution < 1.29 is 9.59 Å². The van der Waals surface area contributed by atoms with Crippen molar-refractivity contribution in [2.24, 2.45) is 0 Å². The Morgan fingerprint density at radius 1 is 1.35 bits per heavy atom. The molecule has 0 atom stereocenters. The van der Waals surface area contributed by atoms with Gasteiger partial charge in [0.25, 0.3) is 5.91 Å². The van der Waals surface area contributed by atoms with Crippen molar-refractivity contribution in [2.45, 2.75) is 19.4 Å². The molecule has 1 aromatic heterocycles. The Labute approximate surface area is 121 Å². The molecule has 2 heterocycles. The SMILES string of the molecule is CC1(C)C(=O)NCCN1C(=O)c1cc2ccccc2s1. The number of amides is 2. The van der Waals surface area contributed by atoms with Gasteiger partial charge in [-0.15, -0.1) is 11.3 Å². The Hall–Kier alpha value is -1.88. The second-order valence-electron chi connectivity index (χ2n) is 5.42. The summed E-state index contributed by atoms with van der Waals surface area (Å²) in [5.41, 5.74) is -0.800. The Bertz CT molecular complexity index is 657. The van der Waals surface area contributed by atoms with Crippen LogP contribution in [-0.2, 0) is 4.79 Å². The van der Waals surface area contributed by atoms with Crippen molar-refractivity contribution in [1.82, 2.24) is 10.2 Å². The number of fused-ring (bicyclic) bond motifs is 1. The first-order chi connectivity index (χ1) is 9.50. The van der Waals surface area contributed by atoms with E-state index in [0.29, 0.717) is 18.0 Å². The van der Waals surface area contributed by atoms with E-state index in [2.05, 4.69) is 5.32 Å². The molecular formula is C15H16N2O2S. The second-order valence-corrected chi connectivity index (χ2v) is 6.50. The molecule has 2 aromatic rings. The average Bonchev–Trinajstić information content (AvgIpc) is 2.85. The number of hydrogen-bond acceptors (Lipinski definition) is 3. The van der Waals surface area contributed by atoms with Crippen molar-refractivity contribution in [1.29, 1.82) is 0 Å². The summed E-state index contributed by atoms with van der Waals surface area (Å²) >= 11 is 1.48. The van der Waals surface area contributed by atoms with Gasteiger partial charge in [0.2, 0.25) is 5.91 Å². The summed E-state index contributed by atoms with van der Waals surface area (Å²) in [5.74, 6) is -0.163. The number of nitrogens with one attached hydrogen (secondary N) is 1. The average molecular weight is 288 g/mol. The molecule has 0 bridgehead atoms. The molecule has 1 aromatic carbocycles. The van der Waals surface area contributed by atoms with Gasteiger partial charge in [0, 0.05) is 17.8 Å². The number of rotatable bonds is 1. The Kier molecular flexibility index (Phi) is 3.01. The molecule has 1 N–H and O–H groups in total. The van der Waals surface area contributed by atoms with Crippen LogP contribution in [0, 0.1) is 0 Å². The molecule has 1 saturated heterocycles. The summed E-state index contributed by atoms with van der Waals surface area (Å²) in [4.78, 5) is 27.0. The quantitative estimate of drug-likeness (QED) is 0.875. The highest BCUT2D eigenvalue weighted by Crippen LogP contribution is 2.29. The fraction of sp³-hybridized carbons (Fsp3) is 0.333. The van der Waals surface area contributed by atoms with Gasteiger partial charge in [0.15, 0.2) is 0 Å². The molecule has 0 aliphatic carbocycles. The largest absolute Gasteiger partial charge is 0.352 e. The van der Waals surface area contributed by atoms with Crippen LogP contribution >= 0.6 is 11.3 Å². The van der Waals surface area contributed by atoms with E-state index in [4.69, 9.17) is 0 Å². The molecule has 3 rings (SSSR count). The number of nitrogens with zero attached hydrogens (tertiary/aromatic N) is 1. The minimum Gasteiger partial charge on any atom is -0.352 e. The number of piperazine rings is 1. The van der Waals surface area contributed by atoms with E-state index in [9.17, 15) is 9.59 Å². The van der Waals surface area contributed by atoms with Crippen LogP contribution in [0.15, 0.2) is 30.3 Å². The third-order valence-electron chi connectivity index (χ3n) is 3.73. The molecule has 0 spiro atoms. The van der Waals surface area contributed by atoms with Gasteiger partial charge in [0.1, 0.15) is 5.54 Å². The summed E-state index contributed by atoms with van der Waals surface area (Å²) in [5, 5.41) is 3.88. The van der Waals surface area contributed by atoms with Crippen molar-refractivity contribution >= 4 is 33.2 Å². The van der Waals surface area contributed by atoms with Crippen LogP contribution in [0.3, 0.4) is 0 Å². The number of carbonyl (C=O) groups is 2. The molecule has 0 saturated carbocycles. The van der Waals surface area contributed by atoms with E-state index in [1.165, 1.54) is 11.3 Å². The van der Waals surface area contributed by atoms with Crippen molar-refractivity contribution in [3.63, 3.8) is 0 Å². The lowest BCUT2D eigenvalue weighted by Crippen LogP contribution is -2.63. The van der Waals surface area contributed by atoms with Gasteiger partial charge >= 0.3 is 0 Å². The lowest BCUT2D eigenvalue weighted by Gasteiger charge is -2.40. The molecule has 4 nitrogen and oxygen atoms in total. The van der Waals surface area contributed by atoms with E-state index < -0.39 is 5.54 Å². The molecule has 1 fully saturated rings. The summed E-state index contributed by atoms with van der Waals surface area (Å²) in [6.45, 7) is 4.63. The third-order valence-corrected chi connectivity index (χ3v) is 4.84. The van der Waals surface area contributed by atoms with Gasteiger partial charge in [-0.1, -0.05) is 18.2 Å². The van der Waals surface area contributed by atoms with Crippen molar-refractivity contribution in [3.8, 4) is 0 Å². The molecule has 1 aliphatic heterocycles. The van der Waals surface area contributed by atoms with Gasteiger partial charge in [-0.25, -0.2) is 0 Å². The van der Waals surface area contributed by atoms with Gasteiger partial charge in [-0.3, -0.25) is 9.59 Å². The maximum Gasteiger partial charge on any atom is 0.264 e. The predicted octanol–water partition coefficient (Wildman–Crippen LogP) is 2.25. The first kappa shape index (κ1) is 13.1. The Morgan fingerprint density at radius 3 is 2.85 bits per heavy atom. The molecule has 5 heteroatoms. The van der Waals surface area contributed by atoms with E-state index in [0.717, 1.165) is 10.1 Å². The van der Waals surface area contributed by atoms with Crippen LogP contribution < -0.4 is 5.32 Å². The molecule has 1 aliphatic rings. The smallest absolute Gasteiger partial charge is 0.264 e. The zero-order chi connectivity index (χ0) is 14.3. The molecule has 0 unspecified atom stereocenters. The normalized spacial score (nSPS) is 18.1. The zero-order valence-corrected chi connectivity index (χ0v) is 12.3. The van der Waals surface area contributed by atoms with Gasteiger partial charge < -0.3 is 10.2 Å². The maximum absolute atomic E-state index is 12.7.